The minimum Gasteiger partial charge on any atom is -0.383 e. The van der Waals surface area contributed by atoms with E-state index in [4.69, 9.17) is 5.73 Å². The van der Waals surface area contributed by atoms with Crippen molar-refractivity contribution >= 4 is 23.5 Å². The molecule has 1 fully saturated rings. The number of pyridine rings is 1. The van der Waals surface area contributed by atoms with Crippen LogP contribution in [0.25, 0.3) is 11.1 Å². The molecule has 1 unspecified atom stereocenters. The highest BCUT2D eigenvalue weighted by atomic mass is 32.2. The Labute approximate surface area is 197 Å². The zero-order valence-corrected chi connectivity index (χ0v) is 18.9. The number of thioether (sulfide) groups is 1. The molecular weight excluding hydrogens is 430 g/mol. The van der Waals surface area contributed by atoms with Gasteiger partial charge in [0.15, 0.2) is 0 Å². The summed E-state index contributed by atoms with van der Waals surface area (Å²) in [5.74, 6) is 0.0517. The average Bonchev–Trinajstić information content (AvgIpc) is 2.88. The summed E-state index contributed by atoms with van der Waals surface area (Å²) in [4.78, 5) is 19.9. The number of hydrogen-bond acceptors (Lipinski definition) is 6. The normalized spacial score (nSPS) is 14.2. The van der Waals surface area contributed by atoms with Crippen molar-refractivity contribution in [3.05, 3.63) is 77.4 Å². The van der Waals surface area contributed by atoms with Crippen molar-refractivity contribution in [3.8, 4) is 23.3 Å². The van der Waals surface area contributed by atoms with Crippen LogP contribution in [0.2, 0.25) is 0 Å². The number of nitrogens with zero attached hydrogens (tertiary/aromatic N) is 4. The van der Waals surface area contributed by atoms with E-state index in [1.54, 1.807) is 0 Å². The van der Waals surface area contributed by atoms with Crippen LogP contribution < -0.4 is 5.73 Å². The maximum atomic E-state index is 13.6. The number of benzene rings is 2. The number of nitrogen functional groups attached to an aromatic ring is 1. The van der Waals surface area contributed by atoms with Crippen molar-refractivity contribution in [1.82, 2.24) is 9.88 Å². The van der Waals surface area contributed by atoms with Crippen molar-refractivity contribution in [2.24, 2.45) is 0 Å². The van der Waals surface area contributed by atoms with Crippen LogP contribution in [0.1, 0.15) is 41.2 Å². The molecule has 0 spiro atoms. The maximum Gasteiger partial charge on any atom is 0.240 e. The number of carbonyl (C=O) groups excluding carboxylic acids is 1. The molecule has 2 heterocycles. The van der Waals surface area contributed by atoms with Crippen molar-refractivity contribution in [1.29, 1.82) is 10.5 Å². The molecule has 0 radical (unpaired) electrons. The van der Waals surface area contributed by atoms with Crippen LogP contribution in [0, 0.1) is 22.7 Å². The molecule has 1 aliphatic heterocycles. The average molecular weight is 454 g/mol. The molecule has 7 heteroatoms. The van der Waals surface area contributed by atoms with Gasteiger partial charge in [-0.15, -0.1) is 0 Å². The predicted molar refractivity (Wildman–Crippen MR) is 129 cm³/mol. The third-order valence-corrected chi connectivity index (χ3v) is 6.93. The lowest BCUT2D eigenvalue weighted by atomic mass is 9.97. The highest BCUT2D eigenvalue weighted by Gasteiger charge is 2.31. The number of rotatable bonds is 5. The molecule has 33 heavy (non-hydrogen) atoms. The number of nitrogens with two attached hydrogens (primary N) is 1. The number of nitriles is 2. The number of anilines is 1. The molecule has 2 aromatic carbocycles. The summed E-state index contributed by atoms with van der Waals surface area (Å²) in [7, 11) is 0. The van der Waals surface area contributed by atoms with Gasteiger partial charge < -0.3 is 10.6 Å². The largest absolute Gasteiger partial charge is 0.383 e. The third-order valence-electron chi connectivity index (χ3n) is 5.70. The SMILES string of the molecule is N#Cc1c(N)nc(SC(C(=O)N2CCCCC2)c2ccccc2)c(C#N)c1-c1ccccc1. The Morgan fingerprint density at radius 3 is 2.15 bits per heavy atom. The monoisotopic (exact) mass is 453 g/mol. The Morgan fingerprint density at radius 2 is 1.55 bits per heavy atom. The molecule has 1 aliphatic rings. The summed E-state index contributed by atoms with van der Waals surface area (Å²) >= 11 is 1.22. The lowest BCUT2D eigenvalue weighted by Crippen LogP contribution is -2.38. The summed E-state index contributed by atoms with van der Waals surface area (Å²) in [5, 5.41) is 19.6. The van der Waals surface area contributed by atoms with E-state index in [1.165, 1.54) is 11.8 Å². The molecule has 3 aromatic rings. The maximum absolute atomic E-state index is 13.6. The minimum absolute atomic E-state index is 0.000724. The highest BCUT2D eigenvalue weighted by molar-refractivity contribution is 8.00. The Bertz CT molecular complexity index is 1230. The van der Waals surface area contributed by atoms with E-state index in [2.05, 4.69) is 17.1 Å². The summed E-state index contributed by atoms with van der Waals surface area (Å²) in [6.07, 6.45) is 3.10. The van der Waals surface area contributed by atoms with Gasteiger partial charge in [-0.25, -0.2) is 4.98 Å². The lowest BCUT2D eigenvalue weighted by molar-refractivity contribution is -0.131. The Kier molecular flexibility index (Phi) is 6.92. The van der Waals surface area contributed by atoms with E-state index in [-0.39, 0.29) is 22.9 Å². The number of piperidine rings is 1. The molecule has 2 N–H and O–H groups in total. The molecule has 1 saturated heterocycles. The molecule has 164 valence electrons. The molecule has 1 amide bonds. The smallest absolute Gasteiger partial charge is 0.240 e. The molecule has 6 nitrogen and oxygen atoms in total. The fraction of sp³-hybridized carbons (Fsp3) is 0.231. The third kappa shape index (κ3) is 4.69. The van der Waals surface area contributed by atoms with Gasteiger partial charge in [0.2, 0.25) is 5.91 Å². The van der Waals surface area contributed by atoms with Gasteiger partial charge in [0.25, 0.3) is 0 Å². The van der Waals surface area contributed by atoms with Gasteiger partial charge >= 0.3 is 0 Å². The molecule has 4 rings (SSSR count). The minimum atomic E-state index is -0.570. The van der Waals surface area contributed by atoms with Gasteiger partial charge in [-0.1, -0.05) is 72.4 Å². The second kappa shape index (κ2) is 10.2. The van der Waals surface area contributed by atoms with Crippen molar-refractivity contribution < 1.29 is 4.79 Å². The van der Waals surface area contributed by atoms with Crippen molar-refractivity contribution in [2.45, 2.75) is 29.5 Å². The Morgan fingerprint density at radius 1 is 0.939 bits per heavy atom. The standard InChI is InChI=1S/C26H23N5OS/c27-16-20-22(18-10-4-1-5-11-18)21(17-28)25(30-24(20)29)33-23(19-12-6-2-7-13-19)26(32)31-14-8-3-9-15-31/h1-2,4-7,10-13,23H,3,8-9,14-15H2,(H2,29,30). The van der Waals surface area contributed by atoms with Gasteiger partial charge in [-0.2, -0.15) is 10.5 Å². The van der Waals surface area contributed by atoms with Crippen LogP contribution in [-0.4, -0.2) is 28.9 Å². The van der Waals surface area contributed by atoms with Crippen LogP contribution in [0.4, 0.5) is 5.82 Å². The molecule has 0 saturated carbocycles. The summed E-state index contributed by atoms with van der Waals surface area (Å²) in [6.45, 7) is 1.46. The fourth-order valence-electron chi connectivity index (χ4n) is 4.06. The highest BCUT2D eigenvalue weighted by Crippen LogP contribution is 2.42. The van der Waals surface area contributed by atoms with Gasteiger partial charge in [0.1, 0.15) is 33.8 Å². The summed E-state index contributed by atoms with van der Waals surface area (Å²) in [6, 6.07) is 23.1. The lowest BCUT2D eigenvalue weighted by Gasteiger charge is -2.30. The van der Waals surface area contributed by atoms with Gasteiger partial charge in [0.05, 0.1) is 5.56 Å². The molecular formula is C26H23N5OS. The zero-order chi connectivity index (χ0) is 23.2. The van der Waals surface area contributed by atoms with E-state index in [0.717, 1.165) is 37.9 Å². The van der Waals surface area contributed by atoms with E-state index < -0.39 is 5.25 Å². The Hall–Kier alpha value is -3.81. The van der Waals surface area contributed by atoms with Crippen molar-refractivity contribution in [2.75, 3.05) is 18.8 Å². The van der Waals surface area contributed by atoms with Gasteiger partial charge in [-0.3, -0.25) is 4.79 Å². The van der Waals surface area contributed by atoms with Crippen LogP contribution in [0.15, 0.2) is 65.7 Å². The Balaban J connectivity index is 1.83. The predicted octanol–water partition coefficient (Wildman–Crippen LogP) is 4.92. The van der Waals surface area contributed by atoms with E-state index in [0.29, 0.717) is 16.2 Å². The second-order valence-corrected chi connectivity index (χ2v) is 8.91. The number of likely N-dealkylation sites (tertiary alicyclic amines) is 1. The quantitative estimate of drug-likeness (QED) is 0.550. The van der Waals surface area contributed by atoms with E-state index in [1.807, 2.05) is 65.6 Å². The van der Waals surface area contributed by atoms with Crippen LogP contribution in [-0.2, 0) is 4.79 Å². The second-order valence-electron chi connectivity index (χ2n) is 7.81. The number of aromatic nitrogens is 1. The summed E-state index contributed by atoms with van der Waals surface area (Å²) in [5.41, 5.74) is 8.60. The van der Waals surface area contributed by atoms with Crippen LogP contribution in [0.5, 0.6) is 0 Å². The number of amides is 1. The molecule has 0 aliphatic carbocycles. The van der Waals surface area contributed by atoms with E-state index >= 15 is 0 Å². The van der Waals surface area contributed by atoms with Crippen molar-refractivity contribution in [3.63, 3.8) is 0 Å². The summed E-state index contributed by atoms with van der Waals surface area (Å²) < 4.78 is 0. The van der Waals surface area contributed by atoms with Gasteiger partial charge in [-0.05, 0) is 30.4 Å². The van der Waals surface area contributed by atoms with Crippen LogP contribution >= 0.6 is 11.8 Å². The van der Waals surface area contributed by atoms with Gasteiger partial charge in [0, 0.05) is 18.7 Å². The zero-order valence-electron chi connectivity index (χ0n) is 18.1. The topological polar surface area (TPSA) is 107 Å². The first kappa shape index (κ1) is 22.4. The molecule has 0 bridgehead atoms. The first-order valence-corrected chi connectivity index (χ1v) is 11.7. The van der Waals surface area contributed by atoms with E-state index in [9.17, 15) is 15.3 Å². The molecule has 1 aromatic heterocycles. The fourth-order valence-corrected chi connectivity index (χ4v) is 5.24. The molecule has 1 atom stereocenters. The first-order valence-electron chi connectivity index (χ1n) is 10.8. The number of carbonyl (C=O) groups is 1. The first-order chi connectivity index (χ1) is 16.1. The number of hydrogen-bond donors (Lipinski definition) is 1. The van der Waals surface area contributed by atoms with Crippen LogP contribution in [0.3, 0.4) is 0 Å².